The quantitative estimate of drug-likeness (QED) is 0.602. The molecule has 0 unspecified atom stereocenters. The fraction of sp³-hybridized carbons (Fsp3) is 0.167. The van der Waals surface area contributed by atoms with Gasteiger partial charge in [0.15, 0.2) is 16.5 Å². The van der Waals surface area contributed by atoms with E-state index < -0.39 is 37.2 Å². The van der Waals surface area contributed by atoms with Crippen LogP contribution in [-0.4, -0.2) is 21.0 Å². The number of sulfone groups is 1. The van der Waals surface area contributed by atoms with E-state index in [2.05, 4.69) is 0 Å². The smallest absolute Gasteiger partial charge is 0.351 e. The summed E-state index contributed by atoms with van der Waals surface area (Å²) in [5, 5.41) is 0. The Labute approximate surface area is 149 Å². The fourth-order valence-electron chi connectivity index (χ4n) is 2.58. The lowest BCUT2D eigenvalue weighted by molar-refractivity contribution is -0.137. The van der Waals surface area contributed by atoms with Crippen molar-refractivity contribution in [2.24, 2.45) is 0 Å². The second-order valence-electron chi connectivity index (χ2n) is 5.66. The first-order valence-corrected chi connectivity index (χ1v) is 9.23. The minimum Gasteiger partial charge on any atom is -0.462 e. The summed E-state index contributed by atoms with van der Waals surface area (Å²) in [6.07, 6.45) is 1.07. The molecule has 26 heavy (non-hydrogen) atoms. The highest BCUT2D eigenvalue weighted by atomic mass is 32.2. The van der Waals surface area contributed by atoms with Crippen LogP contribution in [0.15, 0.2) is 52.4 Å². The molecule has 0 aromatic heterocycles. The van der Waals surface area contributed by atoms with Gasteiger partial charge in [0.1, 0.15) is 0 Å². The lowest BCUT2D eigenvalue weighted by atomic mass is 10.2. The number of halogens is 2. The molecule has 0 amide bonds. The van der Waals surface area contributed by atoms with Gasteiger partial charge in [-0.1, -0.05) is 17.7 Å². The van der Waals surface area contributed by atoms with Gasteiger partial charge in [-0.3, -0.25) is 0 Å². The van der Waals surface area contributed by atoms with Crippen molar-refractivity contribution in [1.29, 1.82) is 0 Å². The number of rotatable bonds is 3. The van der Waals surface area contributed by atoms with Crippen LogP contribution in [0.4, 0.5) is 20.2 Å². The molecule has 0 spiro atoms. The van der Waals surface area contributed by atoms with Crippen molar-refractivity contribution in [3.63, 3.8) is 0 Å². The fourth-order valence-corrected chi connectivity index (χ4v) is 4.03. The van der Waals surface area contributed by atoms with Crippen molar-refractivity contribution in [2.75, 3.05) is 11.5 Å². The summed E-state index contributed by atoms with van der Waals surface area (Å²) < 4.78 is 57.8. The lowest BCUT2D eigenvalue weighted by Crippen LogP contribution is -2.27. The number of hydrogen-bond acceptors (Lipinski definition) is 5. The van der Waals surface area contributed by atoms with E-state index in [0.717, 1.165) is 17.8 Å². The van der Waals surface area contributed by atoms with E-state index in [0.29, 0.717) is 11.8 Å². The molecule has 0 aliphatic carbocycles. The zero-order valence-electron chi connectivity index (χ0n) is 14.0. The van der Waals surface area contributed by atoms with Crippen LogP contribution in [0.5, 0.6) is 0 Å². The maximum atomic E-state index is 13.8. The molecule has 3 rings (SSSR count). The largest absolute Gasteiger partial charge is 0.462 e. The number of fused-ring (bicyclic) bond motifs is 1. The number of aryl methyl sites for hydroxylation is 1. The molecule has 1 heterocycles. The molecule has 136 valence electrons. The molecule has 2 aromatic carbocycles. The average Bonchev–Trinajstić information content (AvgIpc) is 2.58. The molecule has 1 aliphatic heterocycles. The van der Waals surface area contributed by atoms with Gasteiger partial charge in [-0.15, -0.1) is 0 Å². The number of carbonyl (C=O) groups is 1. The normalized spacial score (nSPS) is 15.2. The molecule has 0 atom stereocenters. The summed E-state index contributed by atoms with van der Waals surface area (Å²) in [4.78, 5) is 12.3. The van der Waals surface area contributed by atoms with Crippen LogP contribution in [0.1, 0.15) is 12.5 Å². The first-order valence-electron chi connectivity index (χ1n) is 7.74. The summed E-state index contributed by atoms with van der Waals surface area (Å²) in [7, 11) is -4.35. The molecule has 0 bridgehead atoms. The lowest BCUT2D eigenvalue weighted by Gasteiger charge is -2.28. The van der Waals surface area contributed by atoms with E-state index in [9.17, 15) is 22.0 Å². The highest BCUT2D eigenvalue weighted by Gasteiger charge is 2.37. The third-order valence-electron chi connectivity index (χ3n) is 3.88. The molecule has 0 saturated carbocycles. The van der Waals surface area contributed by atoms with E-state index in [1.807, 2.05) is 6.92 Å². The van der Waals surface area contributed by atoms with Gasteiger partial charge in [0.25, 0.3) is 0 Å². The number of ether oxygens (including phenoxy) is 1. The van der Waals surface area contributed by atoms with Crippen LogP contribution >= 0.6 is 0 Å². The average molecular weight is 379 g/mol. The predicted molar refractivity (Wildman–Crippen MR) is 91.6 cm³/mol. The standard InChI is InChI=1S/C18H15F2NO4S/c1-3-25-18(22)17-10-21(12-6-4-11(2)5-7-12)15-8-13(19)14(20)9-16(15)26(17,23)24/h4-10H,3H2,1-2H3. The van der Waals surface area contributed by atoms with E-state index in [1.165, 1.54) is 11.8 Å². The van der Waals surface area contributed by atoms with Gasteiger partial charge in [0.05, 0.1) is 17.2 Å². The summed E-state index contributed by atoms with van der Waals surface area (Å²) in [5.74, 6) is -3.56. The number of anilines is 2. The zero-order chi connectivity index (χ0) is 19.1. The van der Waals surface area contributed by atoms with Gasteiger partial charge >= 0.3 is 5.97 Å². The number of carbonyl (C=O) groups excluding carboxylic acids is 1. The molecule has 5 nitrogen and oxygen atoms in total. The van der Waals surface area contributed by atoms with Crippen molar-refractivity contribution >= 4 is 27.2 Å². The van der Waals surface area contributed by atoms with Crippen LogP contribution in [0.3, 0.4) is 0 Å². The highest BCUT2D eigenvalue weighted by molar-refractivity contribution is 7.96. The number of esters is 1. The number of nitrogens with zero attached hydrogens (tertiary/aromatic N) is 1. The van der Waals surface area contributed by atoms with E-state index >= 15 is 0 Å². The predicted octanol–water partition coefficient (Wildman–Crippen LogP) is 3.60. The molecule has 0 saturated heterocycles. The Morgan fingerprint density at radius 3 is 2.35 bits per heavy atom. The van der Waals surface area contributed by atoms with Gasteiger partial charge in [-0.2, -0.15) is 0 Å². The molecular formula is C18H15F2NO4S. The van der Waals surface area contributed by atoms with Crippen molar-refractivity contribution in [3.05, 3.63) is 64.7 Å². The van der Waals surface area contributed by atoms with E-state index in [1.54, 1.807) is 24.3 Å². The van der Waals surface area contributed by atoms with Gasteiger partial charge in [0.2, 0.25) is 9.84 Å². The molecule has 1 aliphatic rings. The number of hydrogen-bond donors (Lipinski definition) is 0. The minimum absolute atomic E-state index is 0.0269. The SMILES string of the molecule is CCOC(=O)C1=CN(c2ccc(C)cc2)c2cc(F)c(F)cc2S1(=O)=O. The van der Waals surface area contributed by atoms with Gasteiger partial charge in [-0.25, -0.2) is 22.0 Å². The Morgan fingerprint density at radius 2 is 1.73 bits per heavy atom. The van der Waals surface area contributed by atoms with Crippen LogP contribution in [-0.2, 0) is 19.4 Å². The van der Waals surface area contributed by atoms with Crippen LogP contribution in [0.2, 0.25) is 0 Å². The van der Waals surface area contributed by atoms with Crippen LogP contribution in [0.25, 0.3) is 0 Å². The third-order valence-corrected chi connectivity index (χ3v) is 5.63. The van der Waals surface area contributed by atoms with Crippen molar-refractivity contribution in [1.82, 2.24) is 0 Å². The number of benzene rings is 2. The van der Waals surface area contributed by atoms with Crippen molar-refractivity contribution < 1.29 is 26.7 Å². The first kappa shape index (κ1) is 18.1. The molecule has 8 heteroatoms. The summed E-state index contributed by atoms with van der Waals surface area (Å²) in [6, 6.07) is 8.27. The Kier molecular flexibility index (Phi) is 4.53. The Morgan fingerprint density at radius 1 is 1.12 bits per heavy atom. The van der Waals surface area contributed by atoms with Gasteiger partial charge in [-0.05, 0) is 32.0 Å². The van der Waals surface area contributed by atoms with Gasteiger partial charge < -0.3 is 9.64 Å². The first-order chi connectivity index (χ1) is 12.3. The Hall–Kier alpha value is -2.74. The monoisotopic (exact) mass is 379 g/mol. The van der Waals surface area contributed by atoms with E-state index in [-0.39, 0.29) is 12.3 Å². The molecular weight excluding hydrogens is 364 g/mol. The highest BCUT2D eigenvalue weighted by Crippen LogP contribution is 2.40. The Balaban J connectivity index is 2.28. The topological polar surface area (TPSA) is 63.7 Å². The summed E-state index contributed by atoms with van der Waals surface area (Å²) >= 11 is 0. The molecule has 0 radical (unpaired) electrons. The molecule has 2 aromatic rings. The molecule has 0 fully saturated rings. The Bertz CT molecular complexity index is 1010. The summed E-state index contributed by atoms with van der Waals surface area (Å²) in [6.45, 7) is 3.38. The maximum absolute atomic E-state index is 13.8. The third kappa shape index (κ3) is 2.96. The van der Waals surface area contributed by atoms with Crippen molar-refractivity contribution in [2.45, 2.75) is 18.7 Å². The van der Waals surface area contributed by atoms with Crippen LogP contribution < -0.4 is 4.90 Å². The minimum atomic E-state index is -4.35. The van der Waals surface area contributed by atoms with Gasteiger partial charge in [0, 0.05) is 18.0 Å². The summed E-state index contributed by atoms with van der Waals surface area (Å²) in [5.41, 5.74) is 1.36. The zero-order valence-corrected chi connectivity index (χ0v) is 14.8. The van der Waals surface area contributed by atoms with E-state index in [4.69, 9.17) is 4.74 Å². The molecule has 0 N–H and O–H groups in total. The maximum Gasteiger partial charge on any atom is 0.351 e. The van der Waals surface area contributed by atoms with Crippen molar-refractivity contribution in [3.8, 4) is 0 Å². The van der Waals surface area contributed by atoms with Crippen LogP contribution in [0, 0.1) is 18.6 Å². The second-order valence-corrected chi connectivity index (χ2v) is 7.54. The second kappa shape index (κ2) is 6.53.